The van der Waals surface area contributed by atoms with Gasteiger partial charge in [-0.1, -0.05) is 56.8 Å². The van der Waals surface area contributed by atoms with Crippen LogP contribution in [-0.2, 0) is 0 Å². The first-order chi connectivity index (χ1) is 12.0. The van der Waals surface area contributed by atoms with Gasteiger partial charge >= 0.3 is 0 Å². The SMILES string of the molecule is CC1=C(SC#N)CCC(C#CC2=CC=C(C(C)CCC(C)C)CC2)=C1. The number of allylic oxidation sites excluding steroid dienone is 8. The van der Waals surface area contributed by atoms with Gasteiger partial charge in [-0.25, -0.2) is 0 Å². The molecule has 2 rings (SSSR count). The van der Waals surface area contributed by atoms with E-state index in [1.54, 1.807) is 5.57 Å². The van der Waals surface area contributed by atoms with E-state index in [2.05, 4.69) is 63.2 Å². The third kappa shape index (κ3) is 6.30. The minimum Gasteiger partial charge on any atom is -0.185 e. The Balaban J connectivity index is 1.98. The molecule has 0 spiro atoms. The van der Waals surface area contributed by atoms with Crippen molar-refractivity contribution in [3.05, 3.63) is 45.4 Å². The van der Waals surface area contributed by atoms with Crippen molar-refractivity contribution in [3.63, 3.8) is 0 Å². The highest BCUT2D eigenvalue weighted by Crippen LogP contribution is 2.31. The van der Waals surface area contributed by atoms with E-state index in [0.29, 0.717) is 5.92 Å². The Hall–Kier alpha value is -1.64. The molecule has 0 bridgehead atoms. The molecule has 0 N–H and O–H groups in total. The highest BCUT2D eigenvalue weighted by Gasteiger charge is 2.13. The molecule has 2 heteroatoms. The molecule has 0 aliphatic heterocycles. The lowest BCUT2D eigenvalue weighted by molar-refractivity contribution is 0.480. The van der Waals surface area contributed by atoms with E-state index in [1.807, 2.05) is 0 Å². The molecule has 2 aliphatic rings. The molecule has 0 amide bonds. The molecule has 0 saturated heterocycles. The Morgan fingerprint density at radius 3 is 2.32 bits per heavy atom. The van der Waals surface area contributed by atoms with Gasteiger partial charge in [-0.15, -0.1) is 0 Å². The molecule has 0 radical (unpaired) electrons. The quantitative estimate of drug-likeness (QED) is 0.396. The summed E-state index contributed by atoms with van der Waals surface area (Å²) >= 11 is 1.29. The molecule has 0 heterocycles. The first-order valence-electron chi connectivity index (χ1n) is 9.37. The van der Waals surface area contributed by atoms with Crippen LogP contribution in [0.25, 0.3) is 0 Å². The molecular formula is C23H29NS. The molecule has 1 unspecified atom stereocenters. The second-order valence-corrected chi connectivity index (χ2v) is 8.40. The number of rotatable bonds is 5. The van der Waals surface area contributed by atoms with Gasteiger partial charge in [0.1, 0.15) is 5.40 Å². The first kappa shape index (κ1) is 19.7. The third-order valence-electron chi connectivity index (χ3n) is 5.00. The Morgan fingerprint density at radius 1 is 1.00 bits per heavy atom. The zero-order valence-corrected chi connectivity index (χ0v) is 16.8. The number of thioether (sulfide) groups is 1. The van der Waals surface area contributed by atoms with Gasteiger partial charge in [-0.3, -0.25) is 0 Å². The van der Waals surface area contributed by atoms with E-state index in [1.165, 1.54) is 46.2 Å². The van der Waals surface area contributed by atoms with Gasteiger partial charge in [0.15, 0.2) is 0 Å². The fourth-order valence-corrected chi connectivity index (χ4v) is 3.78. The average molecular weight is 352 g/mol. The van der Waals surface area contributed by atoms with Crippen LogP contribution in [0.2, 0.25) is 0 Å². The standard InChI is InChI=1S/C23H29NS/c1-17(2)5-6-18(3)22-12-9-20(10-13-22)7-8-21-11-14-23(25-16-24)19(4)15-21/h9,12,15,17-18H,5-6,10-11,13-14H2,1-4H3. The topological polar surface area (TPSA) is 23.8 Å². The lowest BCUT2D eigenvalue weighted by Crippen LogP contribution is -2.04. The van der Waals surface area contributed by atoms with Crippen molar-refractivity contribution in [3.8, 4) is 17.2 Å². The van der Waals surface area contributed by atoms with Gasteiger partial charge in [0.05, 0.1) is 0 Å². The maximum atomic E-state index is 8.81. The molecule has 1 nitrogen and oxygen atoms in total. The first-order valence-corrected chi connectivity index (χ1v) is 10.2. The largest absolute Gasteiger partial charge is 0.185 e. The van der Waals surface area contributed by atoms with Crippen LogP contribution in [0.4, 0.5) is 0 Å². The molecule has 0 saturated carbocycles. The number of nitrogens with zero attached hydrogens (tertiary/aromatic N) is 1. The van der Waals surface area contributed by atoms with E-state index in [0.717, 1.165) is 31.6 Å². The van der Waals surface area contributed by atoms with E-state index in [4.69, 9.17) is 5.26 Å². The van der Waals surface area contributed by atoms with Crippen molar-refractivity contribution in [2.45, 2.75) is 66.2 Å². The molecule has 25 heavy (non-hydrogen) atoms. The van der Waals surface area contributed by atoms with Gasteiger partial charge in [-0.05, 0) is 74.3 Å². The Morgan fingerprint density at radius 2 is 1.72 bits per heavy atom. The summed E-state index contributed by atoms with van der Waals surface area (Å²) in [5.74, 6) is 8.21. The van der Waals surface area contributed by atoms with Crippen LogP contribution in [0, 0.1) is 34.3 Å². The fraction of sp³-hybridized carbons (Fsp3) is 0.522. The Labute approximate surface area is 158 Å². The summed E-state index contributed by atoms with van der Waals surface area (Å²) in [6.45, 7) is 9.04. The Bertz CT molecular complexity index is 713. The van der Waals surface area contributed by atoms with Gasteiger partial charge < -0.3 is 0 Å². The minimum absolute atomic E-state index is 0.693. The maximum absolute atomic E-state index is 8.81. The monoisotopic (exact) mass is 351 g/mol. The number of nitriles is 1. The second kappa shape index (κ2) is 9.74. The summed E-state index contributed by atoms with van der Waals surface area (Å²) in [6, 6.07) is 0. The van der Waals surface area contributed by atoms with Gasteiger partial charge in [-0.2, -0.15) is 5.26 Å². The van der Waals surface area contributed by atoms with Crippen LogP contribution in [0.3, 0.4) is 0 Å². The maximum Gasteiger partial charge on any atom is 0.138 e. The van der Waals surface area contributed by atoms with Gasteiger partial charge in [0, 0.05) is 16.1 Å². The van der Waals surface area contributed by atoms with E-state index in [-0.39, 0.29) is 0 Å². The van der Waals surface area contributed by atoms with Crippen molar-refractivity contribution in [1.82, 2.24) is 0 Å². The predicted molar refractivity (Wildman–Crippen MR) is 110 cm³/mol. The minimum atomic E-state index is 0.693. The van der Waals surface area contributed by atoms with E-state index >= 15 is 0 Å². The molecule has 0 aromatic heterocycles. The third-order valence-corrected chi connectivity index (χ3v) is 5.86. The van der Waals surface area contributed by atoms with Crippen LogP contribution >= 0.6 is 11.8 Å². The molecule has 0 aromatic carbocycles. The summed E-state index contributed by atoms with van der Waals surface area (Å²) in [6.07, 6.45) is 13.4. The van der Waals surface area contributed by atoms with Crippen LogP contribution in [0.15, 0.2) is 45.4 Å². The lowest BCUT2D eigenvalue weighted by Gasteiger charge is -2.19. The summed E-state index contributed by atoms with van der Waals surface area (Å²) in [5, 5.41) is 11.0. The molecule has 0 fully saturated rings. The molecule has 132 valence electrons. The van der Waals surface area contributed by atoms with Gasteiger partial charge in [0.25, 0.3) is 0 Å². The smallest absolute Gasteiger partial charge is 0.138 e. The number of thiocyanates is 1. The predicted octanol–water partition coefficient (Wildman–Crippen LogP) is 6.92. The highest BCUT2D eigenvalue weighted by atomic mass is 32.2. The van der Waals surface area contributed by atoms with Crippen LogP contribution in [-0.4, -0.2) is 0 Å². The van der Waals surface area contributed by atoms with Crippen molar-refractivity contribution in [2.24, 2.45) is 11.8 Å². The average Bonchev–Trinajstić information content (AvgIpc) is 2.60. The van der Waals surface area contributed by atoms with E-state index in [9.17, 15) is 0 Å². The molecule has 2 aliphatic carbocycles. The van der Waals surface area contributed by atoms with Gasteiger partial charge in [0.2, 0.25) is 0 Å². The highest BCUT2D eigenvalue weighted by molar-refractivity contribution is 8.07. The number of hydrogen-bond donors (Lipinski definition) is 0. The van der Waals surface area contributed by atoms with Crippen LogP contribution < -0.4 is 0 Å². The summed E-state index contributed by atoms with van der Waals surface area (Å²) < 4.78 is 0. The summed E-state index contributed by atoms with van der Waals surface area (Å²) in [5.41, 5.74) is 5.22. The van der Waals surface area contributed by atoms with Crippen molar-refractivity contribution in [1.29, 1.82) is 5.26 Å². The summed E-state index contributed by atoms with van der Waals surface area (Å²) in [7, 11) is 0. The van der Waals surface area contributed by atoms with Crippen molar-refractivity contribution >= 4 is 11.8 Å². The second-order valence-electron chi connectivity index (χ2n) is 7.52. The summed E-state index contributed by atoms with van der Waals surface area (Å²) in [4.78, 5) is 1.19. The number of hydrogen-bond acceptors (Lipinski definition) is 2. The molecule has 0 aromatic rings. The van der Waals surface area contributed by atoms with Crippen molar-refractivity contribution < 1.29 is 0 Å². The fourth-order valence-electron chi connectivity index (χ4n) is 3.24. The van der Waals surface area contributed by atoms with Crippen LogP contribution in [0.5, 0.6) is 0 Å². The zero-order chi connectivity index (χ0) is 18.2. The zero-order valence-electron chi connectivity index (χ0n) is 16.0. The van der Waals surface area contributed by atoms with Crippen LogP contribution in [0.1, 0.15) is 66.2 Å². The Kier molecular flexibility index (Phi) is 7.67. The van der Waals surface area contributed by atoms with Crippen molar-refractivity contribution in [2.75, 3.05) is 0 Å². The molecule has 1 atom stereocenters. The lowest BCUT2D eigenvalue weighted by atomic mass is 9.86. The van der Waals surface area contributed by atoms with E-state index < -0.39 is 0 Å². The molecular weight excluding hydrogens is 322 g/mol. The normalized spacial score (nSPS) is 18.6.